The van der Waals surface area contributed by atoms with E-state index in [4.69, 9.17) is 15.5 Å². The maximum Gasteiger partial charge on any atom is 0.340 e. The number of hydrogen-bond acceptors (Lipinski definition) is 7. The van der Waals surface area contributed by atoms with E-state index in [1.54, 1.807) is 0 Å². The molecule has 3 N–H and O–H groups in total. The Kier molecular flexibility index (Phi) is 10.7. The Labute approximate surface area is 229 Å². The van der Waals surface area contributed by atoms with Crippen LogP contribution < -0.4 is 5.73 Å². The zero-order valence-electron chi connectivity index (χ0n) is 21.3. The highest BCUT2D eigenvalue weighted by Gasteiger charge is 2.24. The van der Waals surface area contributed by atoms with Gasteiger partial charge in [0.15, 0.2) is 0 Å². The van der Waals surface area contributed by atoms with Gasteiger partial charge >= 0.3 is 5.97 Å². The van der Waals surface area contributed by atoms with Gasteiger partial charge in [0.1, 0.15) is 6.61 Å². The molecule has 0 amide bonds. The first kappa shape index (κ1) is 29.9. The molecule has 0 radical (unpaired) electrons. The van der Waals surface area contributed by atoms with Gasteiger partial charge in [0.25, 0.3) is 0 Å². The van der Waals surface area contributed by atoms with Gasteiger partial charge in [-0.25, -0.2) is 4.79 Å². The smallest absolute Gasteiger partial charge is 0.340 e. The van der Waals surface area contributed by atoms with Crippen molar-refractivity contribution >= 4 is 30.8 Å². The highest BCUT2D eigenvalue weighted by molar-refractivity contribution is 5.99. The van der Waals surface area contributed by atoms with Crippen molar-refractivity contribution in [1.82, 2.24) is 25.6 Å². The number of aromatic amines is 1. The van der Waals surface area contributed by atoms with E-state index in [0.717, 1.165) is 45.5 Å². The number of aryl methyl sites for hydroxylation is 2. The molecule has 10 heteroatoms. The van der Waals surface area contributed by atoms with E-state index >= 15 is 0 Å². The molecule has 0 spiro atoms. The SMILES string of the molecule is Cc1ccc(-c2c(CN)c(CC(C)C)nc(C)c2C(=O)OCc2ccc(-c3nn[nH]n3)cc2)cc1.Cl.Cl. The molecule has 0 fully saturated rings. The van der Waals surface area contributed by atoms with Crippen LogP contribution in [-0.2, 0) is 24.3 Å². The number of aromatic nitrogens is 5. The summed E-state index contributed by atoms with van der Waals surface area (Å²) in [5.74, 6) is 0.499. The summed E-state index contributed by atoms with van der Waals surface area (Å²) in [4.78, 5) is 18.2. The Morgan fingerprint density at radius 3 is 2.22 bits per heavy atom. The van der Waals surface area contributed by atoms with Crippen LogP contribution in [0.15, 0.2) is 48.5 Å². The first-order valence-electron chi connectivity index (χ1n) is 11.7. The fourth-order valence-electron chi connectivity index (χ4n) is 4.12. The van der Waals surface area contributed by atoms with Crippen LogP contribution in [0.25, 0.3) is 22.5 Å². The summed E-state index contributed by atoms with van der Waals surface area (Å²) < 4.78 is 5.76. The monoisotopic (exact) mass is 542 g/mol. The van der Waals surface area contributed by atoms with E-state index in [2.05, 4.69) is 34.5 Å². The van der Waals surface area contributed by atoms with Crippen LogP contribution in [0.1, 0.15) is 52.3 Å². The molecule has 0 saturated heterocycles. The van der Waals surface area contributed by atoms with Gasteiger partial charge in [-0.1, -0.05) is 67.9 Å². The van der Waals surface area contributed by atoms with Crippen molar-refractivity contribution in [2.75, 3.05) is 0 Å². The minimum atomic E-state index is -0.418. The van der Waals surface area contributed by atoms with Crippen molar-refractivity contribution < 1.29 is 9.53 Å². The summed E-state index contributed by atoms with van der Waals surface area (Å²) in [7, 11) is 0. The van der Waals surface area contributed by atoms with Gasteiger partial charge in [-0.05, 0) is 48.1 Å². The average molecular weight is 543 g/mol. The molecule has 4 aromatic rings. The Bertz CT molecular complexity index is 1310. The minimum absolute atomic E-state index is 0. The van der Waals surface area contributed by atoms with Crippen molar-refractivity contribution in [2.45, 2.75) is 47.3 Å². The van der Waals surface area contributed by atoms with Crippen LogP contribution in [0.5, 0.6) is 0 Å². The number of benzene rings is 2. The Hall–Kier alpha value is -3.33. The topological polar surface area (TPSA) is 120 Å². The number of carbonyl (C=O) groups excluding carboxylic acids is 1. The second-order valence-electron chi connectivity index (χ2n) is 9.05. The summed E-state index contributed by atoms with van der Waals surface area (Å²) in [6.45, 7) is 8.61. The molecule has 0 bridgehead atoms. The lowest BCUT2D eigenvalue weighted by molar-refractivity contribution is 0.0472. The minimum Gasteiger partial charge on any atom is -0.457 e. The largest absolute Gasteiger partial charge is 0.457 e. The fraction of sp³-hybridized carbons (Fsp3) is 0.296. The van der Waals surface area contributed by atoms with Crippen molar-refractivity contribution in [3.8, 4) is 22.5 Å². The van der Waals surface area contributed by atoms with Gasteiger partial charge in [-0.15, -0.1) is 35.0 Å². The first-order chi connectivity index (χ1) is 16.9. The third-order valence-electron chi connectivity index (χ3n) is 5.84. The van der Waals surface area contributed by atoms with E-state index in [-0.39, 0.29) is 38.0 Å². The number of tetrazole rings is 1. The van der Waals surface area contributed by atoms with Gasteiger partial charge in [0, 0.05) is 23.4 Å². The lowest BCUT2D eigenvalue weighted by Crippen LogP contribution is -2.17. The number of hydrogen-bond donors (Lipinski definition) is 2. The molecule has 8 nitrogen and oxygen atoms in total. The number of nitrogens with zero attached hydrogens (tertiary/aromatic N) is 4. The number of nitrogens with one attached hydrogen (secondary N) is 1. The van der Waals surface area contributed by atoms with Crippen molar-refractivity contribution in [1.29, 1.82) is 0 Å². The van der Waals surface area contributed by atoms with Gasteiger partial charge in [-0.3, -0.25) is 4.98 Å². The molecular weight excluding hydrogens is 511 g/mol. The molecule has 0 atom stereocenters. The molecule has 37 heavy (non-hydrogen) atoms. The molecule has 0 aliphatic carbocycles. The molecule has 2 heterocycles. The summed E-state index contributed by atoms with van der Waals surface area (Å²) in [6.07, 6.45) is 0.786. The molecule has 0 unspecified atom stereocenters. The van der Waals surface area contributed by atoms with Crippen LogP contribution >= 0.6 is 24.8 Å². The third-order valence-corrected chi connectivity index (χ3v) is 5.84. The lowest BCUT2D eigenvalue weighted by Gasteiger charge is -2.20. The summed E-state index contributed by atoms with van der Waals surface area (Å²) in [5, 5.41) is 14.0. The second-order valence-corrected chi connectivity index (χ2v) is 9.05. The van der Waals surface area contributed by atoms with Gasteiger partial charge in [0.05, 0.1) is 11.3 Å². The predicted molar refractivity (Wildman–Crippen MR) is 149 cm³/mol. The highest BCUT2D eigenvalue weighted by atomic mass is 35.5. The molecule has 196 valence electrons. The van der Waals surface area contributed by atoms with Crippen molar-refractivity contribution in [3.05, 3.63) is 82.2 Å². The Balaban J connectivity index is 0.00000241. The number of rotatable bonds is 8. The van der Waals surface area contributed by atoms with Crippen LogP contribution in [0.3, 0.4) is 0 Å². The standard InChI is InChI=1S/C27H30N6O2.2ClH/c1-16(2)13-23-22(14-28)25(20-9-5-17(3)6-10-20)24(18(4)29-23)27(34)35-15-19-7-11-21(12-8-19)26-30-32-33-31-26;;/h5-12,16H,13-15,28H2,1-4H3,(H,30,31,32,33);2*1H. The fourth-order valence-corrected chi connectivity index (χ4v) is 4.12. The van der Waals surface area contributed by atoms with Crippen LogP contribution in [-0.4, -0.2) is 31.6 Å². The van der Waals surface area contributed by atoms with Crippen molar-refractivity contribution in [3.63, 3.8) is 0 Å². The molecule has 2 aromatic carbocycles. The van der Waals surface area contributed by atoms with Crippen molar-refractivity contribution in [2.24, 2.45) is 11.7 Å². The quantitative estimate of drug-likeness (QED) is 0.286. The second kappa shape index (κ2) is 13.3. The van der Waals surface area contributed by atoms with E-state index in [1.807, 2.05) is 62.4 Å². The number of carbonyl (C=O) groups is 1. The zero-order chi connectivity index (χ0) is 24.9. The average Bonchev–Trinajstić information content (AvgIpc) is 3.38. The van der Waals surface area contributed by atoms with Gasteiger partial charge in [-0.2, -0.15) is 5.21 Å². The maximum atomic E-state index is 13.4. The maximum absolute atomic E-state index is 13.4. The summed E-state index contributed by atoms with van der Waals surface area (Å²) >= 11 is 0. The van der Waals surface area contributed by atoms with E-state index < -0.39 is 5.97 Å². The Morgan fingerprint density at radius 2 is 1.65 bits per heavy atom. The first-order valence-corrected chi connectivity index (χ1v) is 11.7. The van der Waals surface area contributed by atoms with Crippen LogP contribution in [0.4, 0.5) is 0 Å². The Morgan fingerprint density at radius 1 is 1.00 bits per heavy atom. The lowest BCUT2D eigenvalue weighted by atomic mass is 9.90. The van der Waals surface area contributed by atoms with Crippen LogP contribution in [0, 0.1) is 19.8 Å². The number of ether oxygens (including phenoxy) is 1. The number of pyridine rings is 1. The number of nitrogens with two attached hydrogens (primary N) is 1. The number of H-pyrrole nitrogens is 1. The number of esters is 1. The molecule has 2 aromatic heterocycles. The number of halogens is 2. The summed E-state index contributed by atoms with van der Waals surface area (Å²) in [6, 6.07) is 15.6. The molecular formula is C27H32Cl2N6O2. The predicted octanol–water partition coefficient (Wildman–Crippen LogP) is 5.40. The third kappa shape index (κ3) is 6.91. The summed E-state index contributed by atoms with van der Waals surface area (Å²) in [5.41, 5.74) is 13.7. The molecule has 0 aliphatic heterocycles. The van der Waals surface area contributed by atoms with Gasteiger partial charge in [0.2, 0.25) is 5.82 Å². The molecule has 4 rings (SSSR count). The normalized spacial score (nSPS) is 10.5. The van der Waals surface area contributed by atoms with Crippen LogP contribution in [0.2, 0.25) is 0 Å². The van der Waals surface area contributed by atoms with E-state index in [9.17, 15) is 4.79 Å². The zero-order valence-corrected chi connectivity index (χ0v) is 22.9. The molecule has 0 saturated carbocycles. The van der Waals surface area contributed by atoms with Gasteiger partial charge < -0.3 is 10.5 Å². The highest BCUT2D eigenvalue weighted by Crippen LogP contribution is 2.33. The van der Waals surface area contributed by atoms with E-state index in [0.29, 0.717) is 23.0 Å². The van der Waals surface area contributed by atoms with E-state index in [1.165, 1.54) is 0 Å². The molecule has 0 aliphatic rings.